The molecule has 0 spiro atoms. The number of hydrogen-bond donors (Lipinski definition) is 2. The molecule has 0 unspecified atom stereocenters. The van der Waals surface area contributed by atoms with E-state index in [1.54, 1.807) is 6.07 Å². The Bertz CT molecular complexity index is 1330. The monoisotopic (exact) mass is 528 g/mol. The Morgan fingerprint density at radius 2 is 2.00 bits per heavy atom. The molecule has 0 radical (unpaired) electrons. The van der Waals surface area contributed by atoms with Crippen LogP contribution in [0.2, 0.25) is 0 Å². The fraction of sp³-hybridized carbons (Fsp3) is 0.524. The summed E-state index contributed by atoms with van der Waals surface area (Å²) in [4.78, 5) is 29.4. The maximum atomic E-state index is 13.8. The molecule has 16 heteroatoms. The quantitative estimate of drug-likeness (QED) is 0.468. The molecule has 4 heterocycles. The van der Waals surface area contributed by atoms with Crippen LogP contribution in [0.5, 0.6) is 0 Å². The number of nitrogens with two attached hydrogens (primary N) is 1. The first-order valence-corrected chi connectivity index (χ1v) is 11.4. The number of carbonyl (C=O) groups is 2. The lowest BCUT2D eigenvalue weighted by molar-refractivity contribution is -0.149. The van der Waals surface area contributed by atoms with E-state index in [4.69, 9.17) is 10.4 Å². The molecular formula is C21H21F5N8O3. The van der Waals surface area contributed by atoms with Crippen LogP contribution in [-0.2, 0) is 6.54 Å². The van der Waals surface area contributed by atoms with Gasteiger partial charge in [0, 0.05) is 19.4 Å². The summed E-state index contributed by atoms with van der Waals surface area (Å²) in [5.74, 6) is -4.81. The molecule has 2 fully saturated rings. The number of hydrogen-bond acceptors (Lipinski definition) is 7. The summed E-state index contributed by atoms with van der Waals surface area (Å²) in [6.07, 6.45) is -2.09. The van der Waals surface area contributed by atoms with Crippen molar-refractivity contribution >= 4 is 17.6 Å². The minimum absolute atomic E-state index is 0.0817. The van der Waals surface area contributed by atoms with Crippen LogP contribution >= 0.6 is 0 Å². The number of amides is 3. The summed E-state index contributed by atoms with van der Waals surface area (Å²) in [5.41, 5.74) is 6.33. The molecule has 3 amide bonds. The highest BCUT2D eigenvalue weighted by Crippen LogP contribution is 2.44. The molecule has 1 saturated heterocycles. The van der Waals surface area contributed by atoms with Gasteiger partial charge in [-0.25, -0.2) is 27.7 Å². The third-order valence-electron chi connectivity index (χ3n) is 6.75. The first kappa shape index (κ1) is 24.8. The van der Waals surface area contributed by atoms with E-state index in [-0.39, 0.29) is 49.5 Å². The summed E-state index contributed by atoms with van der Waals surface area (Å²) in [6, 6.07) is -1.26. The van der Waals surface area contributed by atoms with E-state index in [2.05, 4.69) is 20.4 Å². The van der Waals surface area contributed by atoms with E-state index >= 15 is 0 Å². The van der Waals surface area contributed by atoms with Gasteiger partial charge in [-0.15, -0.1) is 0 Å². The number of imidazole rings is 1. The van der Waals surface area contributed by atoms with Gasteiger partial charge in [-0.1, -0.05) is 5.16 Å². The molecule has 1 aliphatic carbocycles. The van der Waals surface area contributed by atoms with Crippen LogP contribution in [0.4, 0.5) is 26.7 Å². The fourth-order valence-electron chi connectivity index (χ4n) is 4.87. The Labute approximate surface area is 205 Å². The number of alkyl halides is 5. The maximum absolute atomic E-state index is 13.8. The molecule has 3 aromatic heterocycles. The number of carbonyl (C=O) groups excluding carboxylic acids is 2. The van der Waals surface area contributed by atoms with Crippen LogP contribution in [0.15, 0.2) is 23.1 Å². The van der Waals surface area contributed by atoms with Crippen molar-refractivity contribution in [3.05, 3.63) is 41.1 Å². The highest BCUT2D eigenvalue weighted by Gasteiger charge is 2.47. The summed E-state index contributed by atoms with van der Waals surface area (Å²) < 4.78 is 72.7. The van der Waals surface area contributed by atoms with E-state index in [9.17, 15) is 31.5 Å². The van der Waals surface area contributed by atoms with Gasteiger partial charge in [0.15, 0.2) is 11.3 Å². The molecule has 0 bridgehead atoms. The largest absolute Gasteiger partial charge is 0.410 e. The number of nitrogens with zero attached hydrogens (tertiary/aromatic N) is 6. The topological polar surface area (TPSA) is 145 Å². The van der Waals surface area contributed by atoms with E-state index in [1.807, 2.05) is 5.32 Å². The van der Waals surface area contributed by atoms with E-state index in [1.165, 1.54) is 16.9 Å². The zero-order chi connectivity index (χ0) is 26.5. The Morgan fingerprint density at radius 3 is 2.65 bits per heavy atom. The lowest BCUT2D eigenvalue weighted by Gasteiger charge is -2.32. The number of urea groups is 1. The Hall–Kier alpha value is -3.85. The summed E-state index contributed by atoms with van der Waals surface area (Å²) in [5, 5.41) is 13.5. The normalized spacial score (nSPS) is 21.4. The number of aromatic nitrogens is 5. The fourth-order valence-corrected chi connectivity index (χ4v) is 4.87. The molecule has 1 aliphatic heterocycles. The Morgan fingerprint density at radius 1 is 1.27 bits per heavy atom. The van der Waals surface area contributed by atoms with Gasteiger partial charge in [0.25, 0.3) is 5.91 Å². The van der Waals surface area contributed by atoms with E-state index < -0.39 is 42.5 Å². The van der Waals surface area contributed by atoms with Gasteiger partial charge in [0.1, 0.15) is 11.7 Å². The number of fused-ring (bicyclic) bond motifs is 1. The molecule has 1 saturated carbocycles. The lowest BCUT2D eigenvalue weighted by Crippen LogP contribution is -2.40. The second-order valence-corrected chi connectivity index (χ2v) is 9.29. The van der Waals surface area contributed by atoms with E-state index in [0.717, 1.165) is 4.90 Å². The first-order chi connectivity index (χ1) is 17.4. The Balaban J connectivity index is 1.44. The number of primary amides is 1. The number of rotatable bonds is 6. The van der Waals surface area contributed by atoms with Gasteiger partial charge in [-0.2, -0.15) is 18.3 Å². The summed E-state index contributed by atoms with van der Waals surface area (Å²) in [6.45, 7) is -0.680. The second-order valence-electron chi connectivity index (χ2n) is 9.29. The predicted molar refractivity (Wildman–Crippen MR) is 113 cm³/mol. The molecule has 37 heavy (non-hydrogen) atoms. The number of halogens is 5. The van der Waals surface area contributed by atoms with Crippen LogP contribution < -0.4 is 11.1 Å². The van der Waals surface area contributed by atoms with Crippen molar-refractivity contribution in [2.75, 3.05) is 6.54 Å². The minimum atomic E-state index is -4.57. The molecule has 0 aromatic carbocycles. The van der Waals surface area contributed by atoms with Gasteiger partial charge in [-0.05, 0) is 35.5 Å². The van der Waals surface area contributed by atoms with Crippen LogP contribution in [-0.4, -0.2) is 66.4 Å². The molecule has 11 nitrogen and oxygen atoms in total. The Kier molecular flexibility index (Phi) is 5.98. The lowest BCUT2D eigenvalue weighted by atomic mass is 9.75. The van der Waals surface area contributed by atoms with Crippen molar-refractivity contribution < 1.29 is 36.2 Å². The summed E-state index contributed by atoms with van der Waals surface area (Å²) in [7, 11) is 0. The summed E-state index contributed by atoms with van der Waals surface area (Å²) >= 11 is 0. The van der Waals surface area contributed by atoms with Gasteiger partial charge >= 0.3 is 12.2 Å². The molecule has 2 atom stereocenters. The van der Waals surface area contributed by atoms with Crippen molar-refractivity contribution in [1.82, 2.24) is 35.1 Å². The maximum Gasteiger partial charge on any atom is 0.410 e. The van der Waals surface area contributed by atoms with Crippen molar-refractivity contribution in [1.29, 1.82) is 0 Å². The van der Waals surface area contributed by atoms with Crippen molar-refractivity contribution in [2.24, 2.45) is 11.7 Å². The minimum Gasteiger partial charge on any atom is -0.364 e. The molecule has 198 valence electrons. The van der Waals surface area contributed by atoms with Gasteiger partial charge in [0.05, 0.1) is 30.6 Å². The molecule has 3 aromatic rings. The third-order valence-corrected chi connectivity index (χ3v) is 6.75. The first-order valence-electron chi connectivity index (χ1n) is 11.4. The average molecular weight is 528 g/mol. The standard InChI is InChI=1S/C21H21F5N8O3/c22-20(23)3-1-11(2-4-20)15(16-17(18(27)35)32-37-31-16)12-8-34-14(29-12)5-10(6-28-34)7-33-9-13(21(24,25)26)30-19(33)36/h5-6,8,11,13,15H,1-4,7,9H2,(H2,27,35)(H,30,36)/t13-,15-/m0/s1. The highest BCUT2D eigenvalue weighted by molar-refractivity contribution is 5.91. The zero-order valence-electron chi connectivity index (χ0n) is 19.1. The highest BCUT2D eigenvalue weighted by atomic mass is 19.4. The van der Waals surface area contributed by atoms with E-state index in [0.29, 0.717) is 16.9 Å². The van der Waals surface area contributed by atoms with Gasteiger partial charge < -0.3 is 16.0 Å². The van der Waals surface area contributed by atoms with Crippen molar-refractivity contribution in [3.63, 3.8) is 0 Å². The van der Waals surface area contributed by atoms with Gasteiger partial charge in [0.2, 0.25) is 5.92 Å². The third kappa shape index (κ3) is 4.91. The van der Waals surface area contributed by atoms with Crippen molar-refractivity contribution in [3.8, 4) is 0 Å². The zero-order valence-corrected chi connectivity index (χ0v) is 19.1. The SMILES string of the molecule is NC(=O)c1nonc1[C@H](c1cn2ncc(CN3C[C@@H](C(F)(F)F)NC3=O)cc2n1)C1CCC(F)(F)CC1. The van der Waals surface area contributed by atoms with Crippen LogP contribution in [0.1, 0.15) is 59.0 Å². The van der Waals surface area contributed by atoms with Crippen LogP contribution in [0.3, 0.4) is 0 Å². The predicted octanol–water partition coefficient (Wildman–Crippen LogP) is 2.62. The van der Waals surface area contributed by atoms with Crippen LogP contribution in [0.25, 0.3) is 5.65 Å². The number of nitrogens with one attached hydrogen (secondary N) is 1. The van der Waals surface area contributed by atoms with Gasteiger partial charge in [-0.3, -0.25) is 4.79 Å². The molecule has 3 N–H and O–H groups in total. The van der Waals surface area contributed by atoms with Crippen molar-refractivity contribution in [2.45, 2.75) is 56.3 Å². The molecular weight excluding hydrogens is 507 g/mol. The molecule has 5 rings (SSSR count). The average Bonchev–Trinajstić information content (AvgIpc) is 3.54. The smallest absolute Gasteiger partial charge is 0.364 e. The second kappa shape index (κ2) is 8.92. The molecule has 2 aliphatic rings. The van der Waals surface area contributed by atoms with Crippen LogP contribution in [0, 0.1) is 5.92 Å².